The first-order valence-electron chi connectivity index (χ1n) is 5.49. The zero-order chi connectivity index (χ0) is 13.2. The monoisotopic (exact) mass is 257 g/mol. The van der Waals surface area contributed by atoms with Crippen molar-refractivity contribution in [3.8, 4) is 11.5 Å². The molecule has 0 radical (unpaired) electrons. The quantitative estimate of drug-likeness (QED) is 0.902. The van der Waals surface area contributed by atoms with Crippen LogP contribution in [0.3, 0.4) is 0 Å². The Labute approximate surface area is 108 Å². The largest absolute Gasteiger partial charge is 0.496 e. The van der Waals surface area contributed by atoms with Gasteiger partial charge in [0, 0.05) is 16.7 Å². The van der Waals surface area contributed by atoms with Gasteiger partial charge in [-0.1, -0.05) is 11.6 Å². The summed E-state index contributed by atoms with van der Waals surface area (Å²) in [5.74, 6) is 1.44. The summed E-state index contributed by atoms with van der Waals surface area (Å²) in [6, 6.07) is 1.94. The van der Waals surface area contributed by atoms with E-state index in [1.165, 1.54) is 0 Å². The summed E-state index contributed by atoms with van der Waals surface area (Å²) in [7, 11) is 3.24. The smallest absolute Gasteiger partial charge is 0.141 e. The molecule has 0 saturated carbocycles. The highest BCUT2D eigenvalue weighted by Crippen LogP contribution is 2.38. The van der Waals surface area contributed by atoms with E-state index in [-0.39, 0.29) is 5.54 Å². The molecule has 17 heavy (non-hydrogen) atoms. The van der Waals surface area contributed by atoms with Crippen molar-refractivity contribution < 1.29 is 9.47 Å². The molecule has 2 N–H and O–H groups in total. The molecule has 0 aromatic heterocycles. The third-order valence-corrected chi connectivity index (χ3v) is 3.02. The zero-order valence-electron chi connectivity index (χ0n) is 11.1. The van der Waals surface area contributed by atoms with Crippen molar-refractivity contribution in [1.82, 2.24) is 0 Å². The summed E-state index contributed by atoms with van der Waals surface area (Å²) in [6.45, 7) is 5.83. The number of halogens is 1. The lowest BCUT2D eigenvalue weighted by molar-refractivity contribution is 0.391. The molecule has 4 heteroatoms. The van der Waals surface area contributed by atoms with Gasteiger partial charge in [-0.2, -0.15) is 0 Å². The molecular weight excluding hydrogens is 238 g/mol. The van der Waals surface area contributed by atoms with Gasteiger partial charge in [0.1, 0.15) is 11.5 Å². The number of methoxy groups -OCH3 is 2. The van der Waals surface area contributed by atoms with Crippen molar-refractivity contribution in [2.75, 3.05) is 14.2 Å². The summed E-state index contributed by atoms with van der Waals surface area (Å²) in [6.07, 6.45) is 0.673. The molecule has 0 aliphatic carbocycles. The fourth-order valence-corrected chi connectivity index (χ4v) is 2.10. The summed E-state index contributed by atoms with van der Waals surface area (Å²) < 4.78 is 10.7. The molecule has 0 amide bonds. The van der Waals surface area contributed by atoms with Gasteiger partial charge in [0.05, 0.1) is 19.2 Å². The lowest BCUT2D eigenvalue weighted by Gasteiger charge is -2.22. The van der Waals surface area contributed by atoms with E-state index in [1.807, 2.05) is 26.8 Å². The first-order chi connectivity index (χ1) is 7.80. The van der Waals surface area contributed by atoms with Gasteiger partial charge in [0.15, 0.2) is 0 Å². The van der Waals surface area contributed by atoms with E-state index < -0.39 is 0 Å². The van der Waals surface area contributed by atoms with Crippen LogP contribution in [0.2, 0.25) is 5.02 Å². The van der Waals surface area contributed by atoms with Crippen LogP contribution in [0.5, 0.6) is 11.5 Å². The Morgan fingerprint density at radius 1 is 1.29 bits per heavy atom. The van der Waals surface area contributed by atoms with Crippen molar-refractivity contribution >= 4 is 11.6 Å². The van der Waals surface area contributed by atoms with Gasteiger partial charge < -0.3 is 15.2 Å². The molecule has 0 saturated heterocycles. The molecule has 0 aliphatic rings. The van der Waals surface area contributed by atoms with Crippen LogP contribution in [0.4, 0.5) is 0 Å². The van der Waals surface area contributed by atoms with Gasteiger partial charge >= 0.3 is 0 Å². The predicted molar refractivity (Wildman–Crippen MR) is 71.3 cm³/mol. The maximum atomic E-state index is 6.27. The van der Waals surface area contributed by atoms with Crippen molar-refractivity contribution in [3.05, 3.63) is 22.2 Å². The fraction of sp³-hybridized carbons (Fsp3) is 0.538. The van der Waals surface area contributed by atoms with Crippen molar-refractivity contribution in [2.24, 2.45) is 5.73 Å². The Balaban J connectivity index is 3.32. The van der Waals surface area contributed by atoms with Crippen molar-refractivity contribution in [3.63, 3.8) is 0 Å². The number of ether oxygens (including phenoxy) is 2. The standard InChI is InChI=1S/C13H20ClNO2/c1-8-10(16-4)6-9(7-13(2,3)15)12(17-5)11(8)14/h6H,7,15H2,1-5H3. The Bertz CT molecular complexity index is 411. The lowest BCUT2D eigenvalue weighted by atomic mass is 9.94. The minimum Gasteiger partial charge on any atom is -0.496 e. The third-order valence-electron chi connectivity index (χ3n) is 2.57. The number of nitrogens with two attached hydrogens (primary N) is 1. The molecule has 0 unspecified atom stereocenters. The first-order valence-corrected chi connectivity index (χ1v) is 5.86. The van der Waals surface area contributed by atoms with Gasteiger partial charge in [-0.05, 0) is 33.3 Å². The maximum absolute atomic E-state index is 6.27. The normalized spacial score (nSPS) is 11.5. The third kappa shape index (κ3) is 3.27. The van der Waals surface area contributed by atoms with E-state index in [1.54, 1.807) is 14.2 Å². The molecule has 0 spiro atoms. The number of benzene rings is 1. The summed E-state index contributed by atoms with van der Waals surface area (Å²) in [5.41, 5.74) is 7.55. The number of rotatable bonds is 4. The molecule has 1 rings (SSSR count). The van der Waals surface area contributed by atoms with Crippen LogP contribution in [0.15, 0.2) is 6.07 Å². The fourth-order valence-electron chi connectivity index (χ4n) is 1.81. The van der Waals surface area contributed by atoms with Crippen LogP contribution in [-0.4, -0.2) is 19.8 Å². The summed E-state index contributed by atoms with van der Waals surface area (Å²) in [4.78, 5) is 0. The Hall–Kier alpha value is -0.930. The van der Waals surface area contributed by atoms with E-state index in [2.05, 4.69) is 0 Å². The average molecular weight is 258 g/mol. The molecule has 0 atom stereocenters. The highest BCUT2D eigenvalue weighted by molar-refractivity contribution is 6.33. The molecule has 0 aliphatic heterocycles. The van der Waals surface area contributed by atoms with Gasteiger partial charge in [-0.25, -0.2) is 0 Å². The van der Waals surface area contributed by atoms with E-state index in [0.717, 1.165) is 16.9 Å². The summed E-state index contributed by atoms with van der Waals surface area (Å²) in [5, 5.41) is 0.589. The van der Waals surface area contributed by atoms with Crippen molar-refractivity contribution in [2.45, 2.75) is 32.7 Å². The second kappa shape index (κ2) is 5.15. The second-order valence-corrected chi connectivity index (χ2v) is 5.25. The predicted octanol–water partition coefficient (Wildman–Crippen LogP) is 2.95. The van der Waals surface area contributed by atoms with Crippen LogP contribution >= 0.6 is 11.6 Å². The van der Waals surface area contributed by atoms with Gasteiger partial charge in [0.25, 0.3) is 0 Å². The Morgan fingerprint density at radius 2 is 1.88 bits per heavy atom. The Kier molecular flexibility index (Phi) is 4.28. The highest BCUT2D eigenvalue weighted by atomic mass is 35.5. The molecule has 1 aromatic rings. The Morgan fingerprint density at radius 3 is 2.29 bits per heavy atom. The second-order valence-electron chi connectivity index (χ2n) is 4.88. The topological polar surface area (TPSA) is 44.5 Å². The zero-order valence-corrected chi connectivity index (χ0v) is 11.8. The molecule has 3 nitrogen and oxygen atoms in total. The van der Waals surface area contributed by atoms with Crippen LogP contribution in [0.1, 0.15) is 25.0 Å². The first kappa shape index (κ1) is 14.1. The van der Waals surface area contributed by atoms with Crippen LogP contribution in [0, 0.1) is 6.92 Å². The number of hydrogen-bond acceptors (Lipinski definition) is 3. The SMILES string of the molecule is COc1cc(CC(C)(C)N)c(OC)c(Cl)c1C. The lowest BCUT2D eigenvalue weighted by Crippen LogP contribution is -2.34. The summed E-state index contributed by atoms with van der Waals surface area (Å²) >= 11 is 6.27. The molecule has 0 bridgehead atoms. The average Bonchev–Trinajstić information content (AvgIpc) is 2.21. The maximum Gasteiger partial charge on any atom is 0.141 e. The van der Waals surface area contributed by atoms with Crippen molar-refractivity contribution in [1.29, 1.82) is 0 Å². The van der Waals surface area contributed by atoms with E-state index >= 15 is 0 Å². The number of hydrogen-bond donors (Lipinski definition) is 1. The minimum absolute atomic E-state index is 0.323. The highest BCUT2D eigenvalue weighted by Gasteiger charge is 2.20. The molecule has 1 aromatic carbocycles. The molecular formula is C13H20ClNO2. The molecule has 96 valence electrons. The van der Waals surface area contributed by atoms with Gasteiger partial charge in [-0.3, -0.25) is 0 Å². The molecule has 0 fully saturated rings. The molecule has 0 heterocycles. The van der Waals surface area contributed by atoms with E-state index in [4.69, 9.17) is 26.8 Å². The van der Waals surface area contributed by atoms with Crippen LogP contribution in [-0.2, 0) is 6.42 Å². The van der Waals surface area contributed by atoms with E-state index in [0.29, 0.717) is 17.2 Å². The van der Waals surface area contributed by atoms with Crippen LogP contribution in [0.25, 0.3) is 0 Å². The van der Waals surface area contributed by atoms with Gasteiger partial charge in [-0.15, -0.1) is 0 Å². The van der Waals surface area contributed by atoms with E-state index in [9.17, 15) is 0 Å². The minimum atomic E-state index is -0.323. The van der Waals surface area contributed by atoms with Crippen LogP contribution < -0.4 is 15.2 Å². The van der Waals surface area contributed by atoms with Gasteiger partial charge in [0.2, 0.25) is 0 Å².